The van der Waals surface area contributed by atoms with Gasteiger partial charge in [-0.1, -0.05) is 43.5 Å². The number of carbonyl (C=O) groups excluding carboxylic acids is 1. The van der Waals surface area contributed by atoms with Gasteiger partial charge in [0.2, 0.25) is 0 Å². The van der Waals surface area contributed by atoms with Gasteiger partial charge in [0.1, 0.15) is 12.4 Å². The van der Waals surface area contributed by atoms with Gasteiger partial charge in [-0.15, -0.1) is 0 Å². The Labute approximate surface area is 246 Å². The molecule has 1 aliphatic rings. The average molecular weight is 559 g/mol. The minimum absolute atomic E-state index is 0.00508. The molecule has 0 N–H and O–H groups in total. The lowest BCUT2D eigenvalue weighted by Gasteiger charge is -2.30. The molecule has 0 radical (unpaired) electrons. The van der Waals surface area contributed by atoms with E-state index in [0.29, 0.717) is 13.2 Å². The minimum atomic E-state index is 0.00508. The fraction of sp³-hybridized carbons (Fsp3) is 0.471. The fourth-order valence-electron chi connectivity index (χ4n) is 5.45. The number of amides is 1. The Bertz CT molecular complexity index is 1220. The number of para-hydroxylation sites is 1. The van der Waals surface area contributed by atoms with Crippen LogP contribution in [0.3, 0.4) is 0 Å². The molecule has 0 atom stereocenters. The maximum Gasteiger partial charge on any atom is 0.252 e. The van der Waals surface area contributed by atoms with E-state index in [4.69, 9.17) is 9.47 Å². The van der Waals surface area contributed by atoms with Crippen LogP contribution in [-0.2, 0) is 22.6 Å². The third kappa shape index (κ3) is 9.38. The van der Waals surface area contributed by atoms with Crippen LogP contribution in [0.1, 0.15) is 49.7 Å². The molecule has 2 aromatic carbocycles. The highest BCUT2D eigenvalue weighted by Crippen LogP contribution is 2.31. The highest BCUT2D eigenvalue weighted by molar-refractivity contribution is 5.95. The number of rotatable bonds is 10. The average Bonchev–Trinajstić information content (AvgIpc) is 2.97. The number of carbonyl (C=O) groups is 1. The van der Waals surface area contributed by atoms with Crippen LogP contribution < -0.4 is 9.64 Å². The Morgan fingerprint density at radius 2 is 1.68 bits per heavy atom. The molecule has 1 aromatic heterocycles. The summed E-state index contributed by atoms with van der Waals surface area (Å²) in [6.45, 7) is 4.99. The van der Waals surface area contributed by atoms with Gasteiger partial charge in [0, 0.05) is 56.9 Å². The lowest BCUT2D eigenvalue weighted by Crippen LogP contribution is -2.36. The maximum atomic E-state index is 13.3. The second-order valence-electron chi connectivity index (χ2n) is 11.1. The van der Waals surface area contributed by atoms with Crippen LogP contribution >= 0.6 is 0 Å². The molecule has 0 aliphatic carbocycles. The fourth-order valence-corrected chi connectivity index (χ4v) is 5.45. The van der Waals surface area contributed by atoms with Crippen molar-refractivity contribution in [1.29, 1.82) is 0 Å². The molecule has 1 amide bonds. The summed E-state index contributed by atoms with van der Waals surface area (Å²) in [7, 11) is 5.77. The molecule has 0 bridgehead atoms. The topological polar surface area (TPSA) is 58.1 Å². The van der Waals surface area contributed by atoms with Crippen LogP contribution in [0.4, 0.5) is 5.69 Å². The zero-order valence-corrected chi connectivity index (χ0v) is 25.1. The van der Waals surface area contributed by atoms with E-state index < -0.39 is 0 Å². The van der Waals surface area contributed by atoms with Crippen molar-refractivity contribution in [3.05, 3.63) is 78.1 Å². The Hall–Kier alpha value is -3.26. The summed E-state index contributed by atoms with van der Waals surface area (Å²) in [5.74, 6) is 0.963. The first-order valence-corrected chi connectivity index (χ1v) is 15.0. The van der Waals surface area contributed by atoms with E-state index in [1.54, 1.807) is 7.11 Å². The zero-order valence-electron chi connectivity index (χ0n) is 25.1. The molecule has 3 aromatic rings. The smallest absolute Gasteiger partial charge is 0.252 e. The zero-order chi connectivity index (χ0) is 28.9. The lowest BCUT2D eigenvalue weighted by atomic mass is 10.0. The summed E-state index contributed by atoms with van der Waals surface area (Å²) >= 11 is 0. The summed E-state index contributed by atoms with van der Waals surface area (Å²) < 4.78 is 11.5. The minimum Gasteiger partial charge on any atom is -0.493 e. The highest BCUT2D eigenvalue weighted by atomic mass is 16.5. The molecule has 41 heavy (non-hydrogen) atoms. The van der Waals surface area contributed by atoms with Gasteiger partial charge in [0.15, 0.2) is 0 Å². The monoisotopic (exact) mass is 558 g/mol. The molecule has 7 nitrogen and oxygen atoms in total. The van der Waals surface area contributed by atoms with E-state index >= 15 is 0 Å². The van der Waals surface area contributed by atoms with Gasteiger partial charge in [0.05, 0.1) is 6.61 Å². The molecule has 0 unspecified atom stereocenters. The molecule has 4 rings (SSSR count). The summed E-state index contributed by atoms with van der Waals surface area (Å²) in [6.07, 6.45) is 10.3. The first kappa shape index (κ1) is 30.7. The van der Waals surface area contributed by atoms with Crippen LogP contribution in [0.15, 0.2) is 67.0 Å². The highest BCUT2D eigenvalue weighted by Gasteiger charge is 2.22. The third-order valence-electron chi connectivity index (χ3n) is 7.58. The van der Waals surface area contributed by atoms with Crippen molar-refractivity contribution >= 4 is 11.6 Å². The number of nitrogens with zero attached hydrogens (tertiary/aromatic N) is 4. The van der Waals surface area contributed by atoms with Gasteiger partial charge in [-0.25, -0.2) is 0 Å². The van der Waals surface area contributed by atoms with E-state index in [-0.39, 0.29) is 12.5 Å². The Kier molecular flexibility index (Phi) is 12.2. The van der Waals surface area contributed by atoms with Crippen molar-refractivity contribution < 1.29 is 14.3 Å². The Morgan fingerprint density at radius 3 is 2.46 bits per heavy atom. The standard InChI is InChI=1S/C34H46N4O3/c1-36(2)20-11-23-41-33-13-8-7-12-30(33)25-37-21-9-5-4-6-10-22-38(34(39)27-40-3)32-15-14-29(24-31(32)26-37)28-16-18-35-19-17-28/h7-8,12-19,24H,4-6,9-11,20-23,25-27H2,1-3H3. The maximum absolute atomic E-state index is 13.3. The number of hydrogen-bond donors (Lipinski definition) is 0. The van der Waals surface area contributed by atoms with Crippen molar-refractivity contribution in [3.63, 3.8) is 0 Å². The van der Waals surface area contributed by atoms with Gasteiger partial charge >= 0.3 is 0 Å². The summed E-state index contributed by atoms with van der Waals surface area (Å²) in [4.78, 5) is 24.1. The van der Waals surface area contributed by atoms with Crippen LogP contribution in [0.2, 0.25) is 0 Å². The normalized spacial score (nSPS) is 15.2. The van der Waals surface area contributed by atoms with Crippen LogP contribution in [0, 0.1) is 0 Å². The van der Waals surface area contributed by atoms with Crippen molar-refractivity contribution in [2.24, 2.45) is 0 Å². The Morgan fingerprint density at radius 1 is 0.927 bits per heavy atom. The van der Waals surface area contributed by atoms with Gasteiger partial charge in [-0.3, -0.25) is 14.7 Å². The van der Waals surface area contributed by atoms with E-state index in [0.717, 1.165) is 80.0 Å². The summed E-state index contributed by atoms with van der Waals surface area (Å²) in [5, 5.41) is 0. The van der Waals surface area contributed by atoms with Crippen molar-refractivity contribution in [2.75, 3.05) is 59.0 Å². The van der Waals surface area contributed by atoms with E-state index in [1.165, 1.54) is 18.4 Å². The molecular weight excluding hydrogens is 512 g/mol. The number of anilines is 1. The summed E-state index contributed by atoms with van der Waals surface area (Å²) in [6, 6.07) is 19.0. The van der Waals surface area contributed by atoms with Gasteiger partial charge in [-0.2, -0.15) is 0 Å². The lowest BCUT2D eigenvalue weighted by molar-refractivity contribution is -0.122. The van der Waals surface area contributed by atoms with E-state index in [1.807, 2.05) is 29.4 Å². The molecule has 2 heterocycles. The number of methoxy groups -OCH3 is 1. The number of benzene rings is 2. The van der Waals surface area contributed by atoms with Crippen molar-refractivity contribution in [3.8, 4) is 16.9 Å². The predicted octanol–water partition coefficient (Wildman–Crippen LogP) is 6.02. The number of pyridine rings is 1. The molecular formula is C34H46N4O3. The van der Waals surface area contributed by atoms with Crippen molar-refractivity contribution in [2.45, 2.75) is 51.6 Å². The molecule has 1 aliphatic heterocycles. The summed E-state index contributed by atoms with van der Waals surface area (Å²) in [5.41, 5.74) is 5.56. The number of fused-ring (bicyclic) bond motifs is 1. The van der Waals surface area contributed by atoms with Crippen LogP contribution in [-0.4, -0.2) is 74.7 Å². The number of ether oxygens (including phenoxy) is 2. The molecule has 0 fully saturated rings. The van der Waals surface area contributed by atoms with Crippen LogP contribution in [0.5, 0.6) is 5.75 Å². The van der Waals surface area contributed by atoms with Gasteiger partial charge < -0.3 is 19.3 Å². The van der Waals surface area contributed by atoms with E-state index in [2.05, 4.69) is 71.3 Å². The molecule has 220 valence electrons. The number of hydrogen-bond acceptors (Lipinski definition) is 6. The quantitative estimate of drug-likeness (QED) is 0.284. The van der Waals surface area contributed by atoms with E-state index in [9.17, 15) is 4.79 Å². The second kappa shape index (κ2) is 16.2. The van der Waals surface area contributed by atoms with Crippen molar-refractivity contribution in [1.82, 2.24) is 14.8 Å². The largest absolute Gasteiger partial charge is 0.493 e. The predicted molar refractivity (Wildman–Crippen MR) is 166 cm³/mol. The SMILES string of the molecule is COCC(=O)N1CCCCCCCN(Cc2ccccc2OCCCN(C)C)Cc2cc(-c3ccncc3)ccc21. The molecule has 0 saturated heterocycles. The molecule has 0 spiro atoms. The van der Waals surface area contributed by atoms with Gasteiger partial charge in [0.25, 0.3) is 5.91 Å². The van der Waals surface area contributed by atoms with Gasteiger partial charge in [-0.05, 0) is 86.9 Å². The second-order valence-corrected chi connectivity index (χ2v) is 11.1. The first-order chi connectivity index (χ1) is 20.0. The first-order valence-electron chi connectivity index (χ1n) is 15.0. The molecule has 7 heteroatoms. The van der Waals surface area contributed by atoms with Crippen LogP contribution in [0.25, 0.3) is 11.1 Å². The Balaban J connectivity index is 1.66. The number of aromatic nitrogens is 1. The molecule has 0 saturated carbocycles. The third-order valence-corrected chi connectivity index (χ3v) is 7.58.